The molecule has 2 atom stereocenters. The molecule has 1 aromatic rings. The van der Waals surface area contributed by atoms with Crippen LogP contribution in [0.25, 0.3) is 0 Å². The molecule has 136 valence electrons. The van der Waals surface area contributed by atoms with Gasteiger partial charge in [0, 0.05) is 6.54 Å². The van der Waals surface area contributed by atoms with Gasteiger partial charge in [0.15, 0.2) is 0 Å². The van der Waals surface area contributed by atoms with Crippen LogP contribution in [0.5, 0.6) is 0 Å². The first kappa shape index (κ1) is 23.0. The fourth-order valence-electron chi connectivity index (χ4n) is 2.02. The van der Waals surface area contributed by atoms with Crippen molar-refractivity contribution in [1.29, 1.82) is 0 Å². The quantitative estimate of drug-likeness (QED) is 0.739. The van der Waals surface area contributed by atoms with Crippen molar-refractivity contribution in [3.8, 4) is 0 Å². The maximum absolute atomic E-state index is 12.4. The molecule has 0 radical (unpaired) electrons. The number of likely N-dealkylation sites (N-methyl/N-ethyl adjacent to an activating group) is 1. The van der Waals surface area contributed by atoms with Gasteiger partial charge in [-0.1, -0.05) is 49.5 Å². The number of anilines is 1. The summed E-state index contributed by atoms with van der Waals surface area (Å²) in [5.41, 5.74) is 6.30. The minimum absolute atomic E-state index is 0. The summed E-state index contributed by atoms with van der Waals surface area (Å²) in [5, 5.41) is 3.33. The summed E-state index contributed by atoms with van der Waals surface area (Å²) in [6, 6.07) is 4.33. The number of nitrogens with one attached hydrogen (secondary N) is 1. The fourth-order valence-corrected chi connectivity index (χ4v) is 2.52. The standard InChI is InChI=1S/C16H23Cl2N3O2.ClH/c1-4-10(3)14(19)16(23)21(5-2)9-13(22)20-15-11(17)7-6-8-12(15)18;/h6-8,10,14H,4-5,9,19H2,1-3H3,(H,20,22);1H. The lowest BCUT2D eigenvalue weighted by Crippen LogP contribution is -2.49. The van der Waals surface area contributed by atoms with Crippen molar-refractivity contribution in [3.63, 3.8) is 0 Å². The van der Waals surface area contributed by atoms with E-state index in [1.165, 1.54) is 4.90 Å². The highest BCUT2D eigenvalue weighted by Gasteiger charge is 2.25. The average Bonchev–Trinajstić information content (AvgIpc) is 2.54. The number of nitrogens with two attached hydrogens (primary N) is 1. The number of hydrogen-bond acceptors (Lipinski definition) is 3. The molecule has 0 aromatic heterocycles. The van der Waals surface area contributed by atoms with Crippen LogP contribution in [0.2, 0.25) is 10.0 Å². The number of nitrogens with zero attached hydrogens (tertiary/aromatic N) is 1. The second-order valence-electron chi connectivity index (χ2n) is 5.41. The van der Waals surface area contributed by atoms with Gasteiger partial charge in [0.2, 0.25) is 11.8 Å². The Balaban J connectivity index is 0.00000529. The fraction of sp³-hybridized carbons (Fsp3) is 0.500. The third-order valence-corrected chi connectivity index (χ3v) is 4.43. The lowest BCUT2D eigenvalue weighted by Gasteiger charge is -2.26. The summed E-state index contributed by atoms with van der Waals surface area (Å²) in [6.45, 7) is 5.99. The molecule has 1 rings (SSSR count). The van der Waals surface area contributed by atoms with Crippen molar-refractivity contribution < 1.29 is 9.59 Å². The van der Waals surface area contributed by atoms with Crippen molar-refractivity contribution in [2.45, 2.75) is 33.2 Å². The van der Waals surface area contributed by atoms with Gasteiger partial charge in [-0.2, -0.15) is 0 Å². The molecule has 8 heteroatoms. The molecule has 2 unspecified atom stereocenters. The molecule has 0 spiro atoms. The number of rotatable bonds is 7. The molecular formula is C16H24Cl3N3O2. The highest BCUT2D eigenvalue weighted by Crippen LogP contribution is 2.29. The van der Waals surface area contributed by atoms with Gasteiger partial charge in [-0.3, -0.25) is 9.59 Å². The lowest BCUT2D eigenvalue weighted by molar-refractivity contribution is -0.136. The van der Waals surface area contributed by atoms with Crippen molar-refractivity contribution in [2.24, 2.45) is 11.7 Å². The highest BCUT2D eigenvalue weighted by molar-refractivity contribution is 6.39. The van der Waals surface area contributed by atoms with Gasteiger partial charge in [-0.05, 0) is 25.0 Å². The molecule has 0 aliphatic carbocycles. The van der Waals surface area contributed by atoms with E-state index in [4.69, 9.17) is 28.9 Å². The largest absolute Gasteiger partial charge is 0.332 e. The summed E-state index contributed by atoms with van der Waals surface area (Å²) < 4.78 is 0. The molecule has 0 aliphatic heterocycles. The van der Waals surface area contributed by atoms with Crippen LogP contribution in [-0.2, 0) is 9.59 Å². The Morgan fingerprint density at radius 3 is 2.25 bits per heavy atom. The van der Waals surface area contributed by atoms with E-state index in [2.05, 4.69) is 5.32 Å². The maximum Gasteiger partial charge on any atom is 0.244 e. The van der Waals surface area contributed by atoms with Crippen LogP contribution in [0.15, 0.2) is 18.2 Å². The van der Waals surface area contributed by atoms with Gasteiger partial charge in [-0.15, -0.1) is 12.4 Å². The van der Waals surface area contributed by atoms with Crippen LogP contribution in [-0.4, -0.2) is 35.8 Å². The molecule has 3 N–H and O–H groups in total. The van der Waals surface area contributed by atoms with Crippen LogP contribution in [0.4, 0.5) is 5.69 Å². The normalized spacial score (nSPS) is 12.8. The molecule has 0 bridgehead atoms. The van der Waals surface area contributed by atoms with Crippen molar-refractivity contribution in [2.75, 3.05) is 18.4 Å². The Morgan fingerprint density at radius 2 is 1.79 bits per heavy atom. The first-order valence-corrected chi connectivity index (χ1v) is 8.35. The van der Waals surface area contributed by atoms with E-state index in [0.29, 0.717) is 22.3 Å². The minimum atomic E-state index is -0.614. The van der Waals surface area contributed by atoms with Gasteiger partial charge in [-0.25, -0.2) is 0 Å². The number of halogens is 3. The molecule has 0 saturated heterocycles. The van der Waals surface area contributed by atoms with E-state index in [1.54, 1.807) is 25.1 Å². The molecule has 2 amide bonds. The number of benzene rings is 1. The number of carbonyl (C=O) groups excluding carboxylic acids is 2. The molecular weight excluding hydrogens is 373 g/mol. The monoisotopic (exact) mass is 395 g/mol. The number of hydrogen-bond donors (Lipinski definition) is 2. The van der Waals surface area contributed by atoms with Crippen LogP contribution in [0, 0.1) is 5.92 Å². The van der Waals surface area contributed by atoms with Gasteiger partial charge in [0.1, 0.15) is 0 Å². The zero-order valence-electron chi connectivity index (χ0n) is 14.0. The third kappa shape index (κ3) is 6.13. The summed E-state index contributed by atoms with van der Waals surface area (Å²) in [6.07, 6.45) is 0.798. The highest BCUT2D eigenvalue weighted by atomic mass is 35.5. The van der Waals surface area contributed by atoms with Crippen molar-refractivity contribution in [1.82, 2.24) is 4.90 Å². The third-order valence-electron chi connectivity index (χ3n) is 3.80. The summed E-state index contributed by atoms with van der Waals surface area (Å²) in [5.74, 6) is -0.550. The average molecular weight is 397 g/mol. The molecule has 5 nitrogen and oxygen atoms in total. The molecule has 0 heterocycles. The van der Waals surface area contributed by atoms with Gasteiger partial charge < -0.3 is 16.0 Å². The summed E-state index contributed by atoms with van der Waals surface area (Å²) in [4.78, 5) is 26.0. The van der Waals surface area contributed by atoms with Crippen molar-refractivity contribution in [3.05, 3.63) is 28.2 Å². The van der Waals surface area contributed by atoms with E-state index >= 15 is 0 Å². The van der Waals surface area contributed by atoms with Gasteiger partial charge in [0.05, 0.1) is 28.3 Å². The number of para-hydroxylation sites is 1. The van der Waals surface area contributed by atoms with Crippen LogP contribution in [0.3, 0.4) is 0 Å². The number of amides is 2. The van der Waals surface area contributed by atoms with E-state index in [9.17, 15) is 9.59 Å². The summed E-state index contributed by atoms with van der Waals surface area (Å²) in [7, 11) is 0. The molecule has 0 aliphatic rings. The van der Waals surface area contributed by atoms with E-state index in [0.717, 1.165) is 6.42 Å². The zero-order valence-corrected chi connectivity index (χ0v) is 16.3. The predicted molar refractivity (Wildman–Crippen MR) is 102 cm³/mol. The first-order chi connectivity index (χ1) is 10.8. The molecule has 1 aromatic carbocycles. The Labute approximate surface area is 159 Å². The number of carbonyl (C=O) groups is 2. The summed E-state index contributed by atoms with van der Waals surface area (Å²) >= 11 is 12.0. The first-order valence-electron chi connectivity index (χ1n) is 7.59. The Bertz CT molecular complexity index is 549. The second-order valence-corrected chi connectivity index (χ2v) is 6.22. The van der Waals surface area contributed by atoms with Crippen LogP contribution in [0.1, 0.15) is 27.2 Å². The van der Waals surface area contributed by atoms with Gasteiger partial charge >= 0.3 is 0 Å². The minimum Gasteiger partial charge on any atom is -0.332 e. The Kier molecular flexibility index (Phi) is 10.3. The second kappa shape index (κ2) is 10.8. The SMILES string of the molecule is CCC(C)C(N)C(=O)N(CC)CC(=O)Nc1c(Cl)cccc1Cl.Cl. The topological polar surface area (TPSA) is 75.4 Å². The Morgan fingerprint density at radius 1 is 1.25 bits per heavy atom. The van der Waals surface area contributed by atoms with Crippen LogP contribution >= 0.6 is 35.6 Å². The lowest BCUT2D eigenvalue weighted by atomic mass is 9.99. The maximum atomic E-state index is 12.4. The van der Waals surface area contributed by atoms with Crippen LogP contribution < -0.4 is 11.1 Å². The Hall–Kier alpha value is -1.01. The predicted octanol–water partition coefficient (Wildman–Crippen LogP) is 3.58. The zero-order chi connectivity index (χ0) is 17.6. The molecule has 0 fully saturated rings. The van der Waals surface area contributed by atoms with Crippen molar-refractivity contribution >= 4 is 53.1 Å². The van der Waals surface area contributed by atoms with E-state index in [1.807, 2.05) is 13.8 Å². The molecule has 0 saturated carbocycles. The smallest absolute Gasteiger partial charge is 0.244 e. The van der Waals surface area contributed by atoms with E-state index < -0.39 is 6.04 Å². The van der Waals surface area contributed by atoms with E-state index in [-0.39, 0.29) is 36.7 Å². The van der Waals surface area contributed by atoms with Gasteiger partial charge in [0.25, 0.3) is 0 Å². The molecule has 24 heavy (non-hydrogen) atoms.